The third-order valence-electron chi connectivity index (χ3n) is 5.69. The average molecular weight is 493 g/mol. The second-order valence-corrected chi connectivity index (χ2v) is 8.77. The molecular formula is C23H21BrN6O2. The second-order valence-electron chi connectivity index (χ2n) is 7.86. The van der Waals surface area contributed by atoms with Crippen LogP contribution in [0.4, 0.5) is 5.82 Å². The van der Waals surface area contributed by atoms with Gasteiger partial charge < -0.3 is 16.2 Å². The summed E-state index contributed by atoms with van der Waals surface area (Å²) in [6.45, 7) is 0. The molecule has 2 aromatic heterocycles. The molecule has 1 aliphatic carbocycles. The number of aromatic hydroxyl groups is 1. The van der Waals surface area contributed by atoms with E-state index in [0.29, 0.717) is 27.8 Å². The van der Waals surface area contributed by atoms with Crippen LogP contribution in [0.2, 0.25) is 0 Å². The van der Waals surface area contributed by atoms with Crippen LogP contribution in [0.1, 0.15) is 41.6 Å². The van der Waals surface area contributed by atoms with E-state index in [9.17, 15) is 9.90 Å². The number of nitrogen functional groups attached to an aromatic ring is 1. The number of anilines is 1. The van der Waals surface area contributed by atoms with Crippen LogP contribution in [0.25, 0.3) is 22.2 Å². The highest BCUT2D eigenvalue weighted by Crippen LogP contribution is 2.29. The predicted molar refractivity (Wildman–Crippen MR) is 128 cm³/mol. The Morgan fingerprint density at radius 2 is 1.91 bits per heavy atom. The monoisotopic (exact) mass is 492 g/mol. The van der Waals surface area contributed by atoms with Gasteiger partial charge in [0.2, 0.25) is 0 Å². The van der Waals surface area contributed by atoms with E-state index in [1.807, 2.05) is 24.3 Å². The highest BCUT2D eigenvalue weighted by Gasteiger charge is 2.26. The minimum Gasteiger partial charge on any atom is -0.507 e. The van der Waals surface area contributed by atoms with E-state index in [4.69, 9.17) is 5.73 Å². The van der Waals surface area contributed by atoms with Gasteiger partial charge in [0.15, 0.2) is 5.65 Å². The summed E-state index contributed by atoms with van der Waals surface area (Å²) in [7, 11) is 0. The maximum absolute atomic E-state index is 13.2. The van der Waals surface area contributed by atoms with Crippen molar-refractivity contribution in [1.29, 1.82) is 0 Å². The van der Waals surface area contributed by atoms with Gasteiger partial charge in [-0.2, -0.15) is 9.78 Å². The molecule has 4 aromatic rings. The first-order valence-corrected chi connectivity index (χ1v) is 11.2. The number of hydrogen-bond donors (Lipinski definition) is 3. The third-order valence-corrected chi connectivity index (χ3v) is 6.19. The van der Waals surface area contributed by atoms with Crippen LogP contribution in [0.3, 0.4) is 0 Å². The Balaban J connectivity index is 1.66. The molecule has 2 heterocycles. The van der Waals surface area contributed by atoms with E-state index in [0.717, 1.165) is 30.2 Å². The lowest BCUT2D eigenvalue weighted by molar-refractivity contribution is 0.0940. The number of fused-ring (bicyclic) bond motifs is 2. The van der Waals surface area contributed by atoms with Gasteiger partial charge >= 0.3 is 0 Å². The van der Waals surface area contributed by atoms with E-state index in [1.165, 1.54) is 10.9 Å². The van der Waals surface area contributed by atoms with Gasteiger partial charge in [0.05, 0.1) is 17.2 Å². The highest BCUT2D eigenvalue weighted by molar-refractivity contribution is 9.10. The van der Waals surface area contributed by atoms with Crippen LogP contribution in [-0.4, -0.2) is 37.9 Å². The Morgan fingerprint density at radius 3 is 2.66 bits per heavy atom. The van der Waals surface area contributed by atoms with Crippen LogP contribution in [0, 0.1) is 0 Å². The number of halogens is 1. The molecule has 1 fully saturated rings. The molecule has 0 atom stereocenters. The molecular weight excluding hydrogens is 472 g/mol. The number of phenolic OH excluding ortho intramolecular Hbond substituents is 1. The summed E-state index contributed by atoms with van der Waals surface area (Å²) in [6.07, 6.45) is 5.60. The van der Waals surface area contributed by atoms with Gasteiger partial charge in [-0.25, -0.2) is 9.97 Å². The number of carbonyl (C=O) groups excluding carboxylic acids is 1. The number of rotatable bonds is 4. The molecule has 0 unspecified atom stereocenters. The fourth-order valence-corrected chi connectivity index (χ4v) is 4.44. The first kappa shape index (κ1) is 20.4. The number of nitrogens with two attached hydrogens (primary N) is 1. The first-order chi connectivity index (χ1) is 15.5. The van der Waals surface area contributed by atoms with Gasteiger partial charge in [0.1, 0.15) is 22.6 Å². The second kappa shape index (κ2) is 8.23. The molecule has 0 radical (unpaired) electrons. The summed E-state index contributed by atoms with van der Waals surface area (Å²) in [5, 5.41) is 17.7. The minimum atomic E-state index is -0.275. The lowest BCUT2D eigenvalue weighted by Gasteiger charge is -2.11. The molecule has 1 saturated carbocycles. The van der Waals surface area contributed by atoms with Gasteiger partial charge in [-0.15, -0.1) is 0 Å². The summed E-state index contributed by atoms with van der Waals surface area (Å²) in [5.74, 6) is -0.0532. The van der Waals surface area contributed by atoms with Gasteiger partial charge in [-0.1, -0.05) is 40.9 Å². The maximum atomic E-state index is 13.2. The Morgan fingerprint density at radius 1 is 1.19 bits per heavy atom. The van der Waals surface area contributed by atoms with E-state index in [2.05, 4.69) is 36.3 Å². The zero-order valence-corrected chi connectivity index (χ0v) is 18.7. The molecule has 1 amide bonds. The van der Waals surface area contributed by atoms with E-state index in [-0.39, 0.29) is 29.1 Å². The van der Waals surface area contributed by atoms with Crippen molar-refractivity contribution in [1.82, 2.24) is 20.0 Å². The molecule has 32 heavy (non-hydrogen) atoms. The zero-order valence-electron chi connectivity index (χ0n) is 17.1. The fourth-order valence-electron chi connectivity index (χ4n) is 4.06. The van der Waals surface area contributed by atoms with E-state index >= 15 is 0 Å². The number of para-hydroxylation sites is 2. The van der Waals surface area contributed by atoms with Crippen molar-refractivity contribution >= 4 is 56.1 Å². The maximum Gasteiger partial charge on any atom is 0.257 e. The fraction of sp³-hybridized carbons (Fsp3) is 0.217. The summed E-state index contributed by atoms with van der Waals surface area (Å²) in [5.41, 5.74) is 9.29. The van der Waals surface area contributed by atoms with Gasteiger partial charge in [0, 0.05) is 16.1 Å². The molecule has 0 spiro atoms. The number of benzene rings is 2. The van der Waals surface area contributed by atoms with Crippen LogP contribution < -0.4 is 11.1 Å². The number of amides is 1. The van der Waals surface area contributed by atoms with E-state index in [1.54, 1.807) is 18.2 Å². The van der Waals surface area contributed by atoms with Crippen LogP contribution in [0.15, 0.2) is 52.0 Å². The number of carbonyl (C=O) groups is 1. The Hall–Kier alpha value is -3.46. The predicted octanol–water partition coefficient (Wildman–Crippen LogP) is 4.19. The molecule has 5 rings (SSSR count). The average Bonchev–Trinajstić information content (AvgIpc) is 3.38. The van der Waals surface area contributed by atoms with Crippen LogP contribution in [-0.2, 0) is 0 Å². The zero-order chi connectivity index (χ0) is 22.2. The van der Waals surface area contributed by atoms with Crippen molar-refractivity contribution < 1.29 is 9.90 Å². The number of aromatic nitrogens is 3. The van der Waals surface area contributed by atoms with Crippen molar-refractivity contribution in [3.8, 4) is 5.75 Å². The number of nitrogens with zero attached hydrogens (tertiary/aromatic N) is 4. The lowest BCUT2D eigenvalue weighted by Crippen LogP contribution is -2.33. The number of nitrogens with one attached hydrogen (secondary N) is 1. The largest absolute Gasteiger partial charge is 0.507 e. The molecule has 8 nitrogen and oxygen atoms in total. The number of hydrogen-bond acceptors (Lipinski definition) is 6. The van der Waals surface area contributed by atoms with Crippen molar-refractivity contribution in [2.45, 2.75) is 31.7 Å². The standard InChI is InChI=1S/C23H21BrN6O2/c24-14-9-10-18(31)13(11-14)12-26-30-21(25)19(23(32)27-15-5-1-2-6-15)20-22(30)29-17-8-4-3-7-16(17)28-20/h3-4,7-12,15,31H,1-2,5-6,25H2,(H,27,32). The molecule has 9 heteroatoms. The molecule has 162 valence electrons. The minimum absolute atomic E-state index is 0.0720. The normalized spacial score (nSPS) is 14.7. The quantitative estimate of drug-likeness (QED) is 0.369. The van der Waals surface area contributed by atoms with Crippen molar-refractivity contribution in [3.05, 3.63) is 58.1 Å². The molecule has 0 saturated heterocycles. The molecule has 2 aromatic carbocycles. The van der Waals surface area contributed by atoms with Gasteiger partial charge in [-0.05, 0) is 43.2 Å². The highest BCUT2D eigenvalue weighted by atomic mass is 79.9. The summed E-state index contributed by atoms with van der Waals surface area (Å²) in [4.78, 5) is 22.6. The Kier molecular flexibility index (Phi) is 5.26. The van der Waals surface area contributed by atoms with Crippen molar-refractivity contribution in [2.75, 3.05) is 5.73 Å². The first-order valence-electron chi connectivity index (χ1n) is 10.4. The summed E-state index contributed by atoms with van der Waals surface area (Å²) >= 11 is 3.39. The van der Waals surface area contributed by atoms with E-state index < -0.39 is 0 Å². The molecule has 0 bridgehead atoms. The van der Waals surface area contributed by atoms with Crippen LogP contribution >= 0.6 is 15.9 Å². The van der Waals surface area contributed by atoms with Crippen LogP contribution in [0.5, 0.6) is 5.75 Å². The Bertz CT molecular complexity index is 1370. The summed E-state index contributed by atoms with van der Waals surface area (Å²) < 4.78 is 2.20. The van der Waals surface area contributed by atoms with Gasteiger partial charge in [0.25, 0.3) is 5.91 Å². The topological polar surface area (TPSA) is 118 Å². The summed E-state index contributed by atoms with van der Waals surface area (Å²) in [6, 6.07) is 12.6. The van der Waals surface area contributed by atoms with Gasteiger partial charge in [-0.3, -0.25) is 4.79 Å². The Labute approximate surface area is 192 Å². The SMILES string of the molecule is Nc1c(C(=O)NC2CCCC2)c2nc3ccccc3nc2n1N=Cc1cc(Br)ccc1O. The smallest absolute Gasteiger partial charge is 0.257 e. The molecule has 0 aliphatic heterocycles. The number of phenols is 1. The molecule has 1 aliphatic rings. The lowest BCUT2D eigenvalue weighted by atomic mass is 10.2. The van der Waals surface area contributed by atoms with Crippen molar-refractivity contribution in [2.24, 2.45) is 5.10 Å². The van der Waals surface area contributed by atoms with Crippen molar-refractivity contribution in [3.63, 3.8) is 0 Å². The third kappa shape index (κ3) is 3.69. The molecule has 4 N–H and O–H groups in total.